The normalized spacial score (nSPS) is 28.7. The highest BCUT2D eigenvalue weighted by Crippen LogP contribution is 2.33. The van der Waals surface area contributed by atoms with Crippen molar-refractivity contribution in [3.63, 3.8) is 0 Å². The van der Waals surface area contributed by atoms with Crippen LogP contribution in [0.5, 0.6) is 0 Å². The first-order valence-corrected chi connectivity index (χ1v) is 34.9. The van der Waals surface area contributed by atoms with Crippen LogP contribution in [0.2, 0.25) is 0 Å². The minimum absolute atomic E-state index is 0.242. The fraction of sp³-hybridized carbons (Fsp3) is 0.870. The summed E-state index contributed by atoms with van der Waals surface area (Å²) in [5.41, 5.74) is 0. The molecule has 19 nitrogen and oxygen atoms in total. The molecule has 3 fully saturated rings. The van der Waals surface area contributed by atoms with Crippen molar-refractivity contribution in [3.8, 4) is 0 Å². The molecule has 19 heteroatoms. The third-order valence-electron chi connectivity index (χ3n) is 17.4. The summed E-state index contributed by atoms with van der Waals surface area (Å²) < 4.78 is 34.3. The number of carbonyl (C=O) groups is 1. The number of amides is 1. The van der Waals surface area contributed by atoms with Crippen molar-refractivity contribution >= 4 is 5.91 Å². The summed E-state index contributed by atoms with van der Waals surface area (Å²) in [7, 11) is 0. The zero-order valence-electron chi connectivity index (χ0n) is 54.2. The topological polar surface area (TPSA) is 307 Å². The van der Waals surface area contributed by atoms with E-state index in [0.717, 1.165) is 57.8 Å². The molecule has 3 saturated heterocycles. The molecule has 514 valence electrons. The lowest BCUT2D eigenvalue weighted by Gasteiger charge is -2.48. The van der Waals surface area contributed by atoms with Crippen LogP contribution in [-0.2, 0) is 33.2 Å². The van der Waals surface area contributed by atoms with Gasteiger partial charge in [0.2, 0.25) is 5.91 Å². The number of aliphatic hydroxyl groups is 11. The Labute approximate surface area is 529 Å². The molecule has 0 aromatic heterocycles. The average Bonchev–Trinajstić information content (AvgIpc) is 2.57. The van der Waals surface area contributed by atoms with Gasteiger partial charge >= 0.3 is 0 Å². The lowest BCUT2D eigenvalue weighted by molar-refractivity contribution is -0.379. The largest absolute Gasteiger partial charge is 0.394 e. The second kappa shape index (κ2) is 51.2. The van der Waals surface area contributed by atoms with E-state index in [1.165, 1.54) is 167 Å². The molecule has 0 aliphatic carbocycles. The van der Waals surface area contributed by atoms with Crippen LogP contribution in [0.15, 0.2) is 48.6 Å². The summed E-state index contributed by atoms with van der Waals surface area (Å²) in [6, 6.07) is -0.973. The van der Waals surface area contributed by atoms with Crippen LogP contribution < -0.4 is 5.32 Å². The molecule has 1 amide bonds. The molecule has 88 heavy (non-hydrogen) atoms. The minimum Gasteiger partial charge on any atom is -0.394 e. The van der Waals surface area contributed by atoms with E-state index in [1.54, 1.807) is 6.08 Å². The molecule has 0 aromatic rings. The van der Waals surface area contributed by atoms with Crippen LogP contribution >= 0.6 is 0 Å². The second-order valence-corrected chi connectivity index (χ2v) is 25.0. The number of unbranched alkanes of at least 4 members (excludes halogenated alkanes) is 31. The molecular weight excluding hydrogens is 1130 g/mol. The first kappa shape index (κ1) is 80.0. The highest BCUT2D eigenvalue weighted by atomic mass is 16.8. The molecule has 0 aromatic carbocycles. The zero-order chi connectivity index (χ0) is 64.0. The Kier molecular flexibility index (Phi) is 46.5. The van der Waals surface area contributed by atoms with Crippen molar-refractivity contribution < 1.29 is 89.4 Å². The maximum Gasteiger partial charge on any atom is 0.220 e. The summed E-state index contributed by atoms with van der Waals surface area (Å²) in [6.45, 7) is 1.72. The number of hydrogen-bond acceptors (Lipinski definition) is 18. The minimum atomic E-state index is -1.98. The Morgan fingerprint density at radius 3 is 1.17 bits per heavy atom. The number of ether oxygens (including phenoxy) is 6. The van der Waals surface area contributed by atoms with E-state index >= 15 is 0 Å². The summed E-state index contributed by atoms with van der Waals surface area (Å²) in [6.07, 6.45) is 33.8. The van der Waals surface area contributed by atoms with E-state index in [1.807, 2.05) is 6.08 Å². The van der Waals surface area contributed by atoms with Gasteiger partial charge in [0.05, 0.1) is 38.6 Å². The van der Waals surface area contributed by atoms with Gasteiger partial charge in [-0.2, -0.15) is 0 Å². The summed E-state index contributed by atoms with van der Waals surface area (Å²) in [4.78, 5) is 13.4. The van der Waals surface area contributed by atoms with Crippen molar-refractivity contribution in [3.05, 3.63) is 48.6 Å². The molecule has 17 unspecified atom stereocenters. The highest BCUT2D eigenvalue weighted by molar-refractivity contribution is 5.76. The summed E-state index contributed by atoms with van der Waals surface area (Å²) in [5.74, 6) is -0.276. The number of hydrogen-bond donors (Lipinski definition) is 12. The Bertz CT molecular complexity index is 1790. The molecule has 3 rings (SSSR count). The SMILES string of the molecule is CCCCCCC/C=C\C/C=C\C/C=C\CCCCCCCCCCCCCCCCC(=O)NC(COC1OC(CO)C(OC2OC(CO)C(OC3OC(CO)C(O)C(O)C3O)C(O)C2O)C(O)C1O)C(O)/C=C/CCCCCCCCCCCCCC. The van der Waals surface area contributed by atoms with Crippen molar-refractivity contribution in [1.29, 1.82) is 0 Å². The maximum atomic E-state index is 13.4. The van der Waals surface area contributed by atoms with Crippen molar-refractivity contribution in [2.24, 2.45) is 0 Å². The molecule has 3 heterocycles. The van der Waals surface area contributed by atoms with Crippen LogP contribution in [0.3, 0.4) is 0 Å². The van der Waals surface area contributed by atoms with Crippen LogP contribution in [0.25, 0.3) is 0 Å². The molecule has 0 bridgehead atoms. The monoisotopic (exact) mass is 1260 g/mol. The quantitative estimate of drug-likeness (QED) is 0.0200. The van der Waals surface area contributed by atoms with E-state index in [4.69, 9.17) is 28.4 Å². The van der Waals surface area contributed by atoms with Gasteiger partial charge in [0, 0.05) is 6.42 Å². The predicted octanol–water partition coefficient (Wildman–Crippen LogP) is 9.00. The number of rotatable bonds is 53. The fourth-order valence-corrected chi connectivity index (χ4v) is 11.7. The fourth-order valence-electron chi connectivity index (χ4n) is 11.7. The third-order valence-corrected chi connectivity index (χ3v) is 17.4. The van der Waals surface area contributed by atoms with Crippen molar-refractivity contribution in [2.75, 3.05) is 26.4 Å². The maximum absolute atomic E-state index is 13.4. The van der Waals surface area contributed by atoms with Crippen LogP contribution in [0.4, 0.5) is 0 Å². The van der Waals surface area contributed by atoms with Gasteiger partial charge in [0.25, 0.3) is 0 Å². The number of aliphatic hydroxyl groups excluding tert-OH is 11. The second-order valence-electron chi connectivity index (χ2n) is 25.0. The lowest BCUT2D eigenvalue weighted by atomic mass is 9.96. The molecule has 0 spiro atoms. The number of allylic oxidation sites excluding steroid dienone is 7. The van der Waals surface area contributed by atoms with Gasteiger partial charge < -0.3 is 89.9 Å². The average molecular weight is 1260 g/mol. The van der Waals surface area contributed by atoms with Crippen LogP contribution in [-0.4, -0.2) is 193 Å². The van der Waals surface area contributed by atoms with Crippen molar-refractivity contribution in [1.82, 2.24) is 5.32 Å². The molecular formula is C69H125NO18. The lowest BCUT2D eigenvalue weighted by Crippen LogP contribution is -2.66. The first-order chi connectivity index (χ1) is 42.8. The van der Waals surface area contributed by atoms with Gasteiger partial charge in [-0.25, -0.2) is 0 Å². The van der Waals surface area contributed by atoms with Crippen molar-refractivity contribution in [2.45, 2.75) is 356 Å². The Morgan fingerprint density at radius 1 is 0.409 bits per heavy atom. The zero-order valence-corrected chi connectivity index (χ0v) is 54.2. The van der Waals surface area contributed by atoms with E-state index in [9.17, 15) is 61.0 Å². The highest BCUT2D eigenvalue weighted by Gasteiger charge is 2.53. The third kappa shape index (κ3) is 33.0. The van der Waals surface area contributed by atoms with E-state index in [0.29, 0.717) is 6.42 Å². The summed E-state index contributed by atoms with van der Waals surface area (Å²) >= 11 is 0. The van der Waals surface area contributed by atoms with E-state index in [-0.39, 0.29) is 18.9 Å². The summed E-state index contributed by atoms with van der Waals surface area (Å²) in [5, 5.41) is 120. The Balaban J connectivity index is 1.40. The molecule has 12 N–H and O–H groups in total. The smallest absolute Gasteiger partial charge is 0.220 e. The molecule has 3 aliphatic heterocycles. The number of nitrogens with one attached hydrogen (secondary N) is 1. The standard InChI is InChI=1S/C69H125NO18/c1-3-5-7-9-11-13-15-17-19-20-21-22-23-24-25-26-27-28-29-30-31-32-33-35-37-39-41-43-45-47-57(75)70-52(53(74)46-44-42-40-38-36-34-18-16-14-12-10-8-6-4-2)51-83-67-63(81)60(78)65(55(49-72)85-67)88-69-64(82)61(79)66(56(50-73)86-69)87-68-62(80)59(77)58(76)54(48-71)84-68/h15,17,20-21,23-24,44,46,52-56,58-69,71-74,76-82H,3-14,16,18-19,22,25-43,45,47-51H2,1-2H3,(H,70,75)/b17-15-,21-20-,24-23-,46-44+. The van der Waals surface area contributed by atoms with Gasteiger partial charge in [0.15, 0.2) is 18.9 Å². The van der Waals surface area contributed by atoms with Gasteiger partial charge in [-0.05, 0) is 57.8 Å². The number of carbonyl (C=O) groups excluding carboxylic acids is 1. The Hall–Kier alpha value is -2.25. The molecule has 0 radical (unpaired) electrons. The van der Waals surface area contributed by atoms with E-state index < -0.39 is 124 Å². The molecule has 0 saturated carbocycles. The first-order valence-electron chi connectivity index (χ1n) is 34.9. The molecule has 17 atom stereocenters. The Morgan fingerprint density at radius 2 is 0.750 bits per heavy atom. The molecule has 3 aliphatic rings. The van der Waals surface area contributed by atoms with Gasteiger partial charge in [-0.15, -0.1) is 0 Å². The van der Waals surface area contributed by atoms with Gasteiger partial charge in [0.1, 0.15) is 73.2 Å². The van der Waals surface area contributed by atoms with Crippen LogP contribution in [0.1, 0.15) is 251 Å². The van der Waals surface area contributed by atoms with E-state index in [2.05, 4.69) is 55.6 Å². The van der Waals surface area contributed by atoms with Crippen LogP contribution in [0, 0.1) is 0 Å². The van der Waals surface area contributed by atoms with Gasteiger partial charge in [-0.3, -0.25) is 4.79 Å². The predicted molar refractivity (Wildman–Crippen MR) is 342 cm³/mol. The van der Waals surface area contributed by atoms with Gasteiger partial charge in [-0.1, -0.05) is 236 Å².